The van der Waals surface area contributed by atoms with Crippen LogP contribution < -0.4 is 16.4 Å². The summed E-state index contributed by atoms with van der Waals surface area (Å²) in [5, 5.41) is 14.8. The van der Waals surface area contributed by atoms with Gasteiger partial charge in [-0.1, -0.05) is 47.5 Å². The number of nitrogen functional groups attached to an aromatic ring is 1. The highest BCUT2D eigenvalue weighted by Crippen LogP contribution is 2.36. The quantitative estimate of drug-likeness (QED) is 0.111. The fourth-order valence-corrected chi connectivity index (χ4v) is 9.06. The minimum Gasteiger partial charge on any atom is -0.437 e. The molecule has 3 fully saturated rings. The number of benzene rings is 2. The molecule has 2 atom stereocenters. The van der Waals surface area contributed by atoms with Gasteiger partial charge in [0.15, 0.2) is 0 Å². The smallest absolute Gasteiger partial charge is 0.437 e. The molecule has 5 N–H and O–H groups in total. The molecule has 11 nitrogen and oxygen atoms in total. The van der Waals surface area contributed by atoms with Crippen molar-refractivity contribution in [2.45, 2.75) is 76.1 Å². The highest BCUT2D eigenvalue weighted by atomic mass is 35.5. The Hall–Kier alpha value is -4.10. The van der Waals surface area contributed by atoms with Crippen molar-refractivity contribution in [3.8, 4) is 0 Å². The molecule has 1 aromatic heterocycles. The lowest BCUT2D eigenvalue weighted by atomic mass is 9.75. The van der Waals surface area contributed by atoms with Crippen molar-refractivity contribution >= 4 is 53.8 Å². The lowest BCUT2D eigenvalue weighted by Gasteiger charge is -2.39. The van der Waals surface area contributed by atoms with Gasteiger partial charge >= 0.3 is 31.2 Å². The first-order chi connectivity index (χ1) is 29.8. The maximum atomic E-state index is 13.3. The highest BCUT2D eigenvalue weighted by molar-refractivity contribution is 6.45. The van der Waals surface area contributed by atoms with E-state index in [4.69, 9.17) is 28.9 Å². The van der Waals surface area contributed by atoms with Crippen LogP contribution in [0.4, 0.5) is 32.2 Å². The summed E-state index contributed by atoms with van der Waals surface area (Å²) in [6.07, 6.45) is -3.76. The predicted molar refractivity (Wildman–Crippen MR) is 231 cm³/mol. The number of nitrogens with zero attached hydrogens (tertiary/aromatic N) is 4. The standard InChI is InChI=1S/C27H33ClF3N5O2.C16H21BClF3N2O2/c28-22-3-1-19(2-4-22)23(16-34-26(38)27(29,30)31)20-8-13-36(14-9-20)25(37)21-6-11-35(12-7-21)17-18-5-10-33-24(32)15-18;1-17(25)23-8-6-12(7-9-23)14(10-22-15(24)16(19,20)21)11-2-4-13(18)5-3-11/h1-5,10,15,20-21,23H,6-9,11-14,16-17H2,(H2,32,33)(H,34,38);2-5,12,14,25H,6-10H2,1H3,(H,22,24). The van der Waals surface area contributed by atoms with Crippen LogP contribution in [0.5, 0.6) is 0 Å². The molecule has 3 aliphatic heterocycles. The van der Waals surface area contributed by atoms with E-state index < -0.39 is 31.2 Å². The van der Waals surface area contributed by atoms with E-state index in [0.29, 0.717) is 54.9 Å². The molecule has 2 aromatic carbocycles. The number of likely N-dealkylation sites (tertiary alicyclic amines) is 2. The monoisotopic (exact) mass is 927 g/mol. The summed E-state index contributed by atoms with van der Waals surface area (Å²) in [4.78, 5) is 46.1. The van der Waals surface area contributed by atoms with Gasteiger partial charge in [0.25, 0.3) is 0 Å². The van der Waals surface area contributed by atoms with E-state index in [1.165, 1.54) is 0 Å². The largest absolute Gasteiger partial charge is 0.471 e. The third-order valence-corrected chi connectivity index (χ3v) is 12.9. The van der Waals surface area contributed by atoms with Crippen LogP contribution in [0.3, 0.4) is 0 Å². The summed E-state index contributed by atoms with van der Waals surface area (Å²) in [5.41, 5.74) is 8.55. The Morgan fingerprint density at radius 3 is 1.60 bits per heavy atom. The third-order valence-electron chi connectivity index (χ3n) is 12.4. The minimum absolute atomic E-state index is 0.0246. The van der Waals surface area contributed by atoms with Gasteiger partial charge in [0.1, 0.15) is 5.82 Å². The zero-order valence-corrected chi connectivity index (χ0v) is 36.5. The van der Waals surface area contributed by atoms with Crippen LogP contribution in [-0.2, 0) is 20.9 Å². The number of carbonyl (C=O) groups is 3. The maximum absolute atomic E-state index is 13.3. The Kier molecular flexibility index (Phi) is 18.0. The van der Waals surface area contributed by atoms with Crippen LogP contribution in [0, 0.1) is 17.8 Å². The number of hydrogen-bond acceptors (Lipinski definition) is 8. The summed E-state index contributed by atoms with van der Waals surface area (Å²) in [7, 11) is -0.542. The van der Waals surface area contributed by atoms with Crippen molar-refractivity contribution in [2.24, 2.45) is 17.8 Å². The fraction of sp³-hybridized carbons (Fsp3) is 0.535. The molecule has 344 valence electrons. The third kappa shape index (κ3) is 15.0. The second-order valence-corrected chi connectivity index (χ2v) is 17.4. The highest BCUT2D eigenvalue weighted by Gasteiger charge is 2.41. The number of hydrogen-bond donors (Lipinski definition) is 4. The summed E-state index contributed by atoms with van der Waals surface area (Å²) in [6, 6.07) is 17.8. The summed E-state index contributed by atoms with van der Waals surface area (Å²) < 4.78 is 75.8. The molecule has 0 radical (unpaired) electrons. The number of rotatable bonds is 12. The van der Waals surface area contributed by atoms with Crippen LogP contribution in [0.2, 0.25) is 16.9 Å². The number of piperidine rings is 3. The van der Waals surface area contributed by atoms with Gasteiger partial charge in [-0.15, -0.1) is 0 Å². The van der Waals surface area contributed by atoms with Gasteiger partial charge in [-0.05, 0) is 136 Å². The van der Waals surface area contributed by atoms with Gasteiger partial charge in [0.2, 0.25) is 5.91 Å². The molecular formula is C43H54BCl2F6N7O4. The van der Waals surface area contributed by atoms with Gasteiger partial charge in [0, 0.05) is 66.7 Å². The Labute approximate surface area is 374 Å². The Morgan fingerprint density at radius 1 is 0.746 bits per heavy atom. The number of aromatic nitrogens is 1. The van der Waals surface area contributed by atoms with Crippen LogP contribution in [-0.4, -0.2) is 114 Å². The van der Waals surface area contributed by atoms with Crippen LogP contribution in [0.15, 0.2) is 66.9 Å². The number of anilines is 1. The Morgan fingerprint density at radius 2 is 1.19 bits per heavy atom. The molecular weight excluding hydrogens is 874 g/mol. The van der Waals surface area contributed by atoms with E-state index in [2.05, 4.69) is 15.2 Å². The van der Waals surface area contributed by atoms with E-state index in [9.17, 15) is 45.8 Å². The van der Waals surface area contributed by atoms with E-state index in [0.717, 1.165) is 62.0 Å². The van der Waals surface area contributed by atoms with Crippen molar-refractivity contribution in [2.75, 3.05) is 58.1 Å². The number of nitrogens with one attached hydrogen (secondary N) is 2. The zero-order chi connectivity index (χ0) is 45.9. The number of halogens is 8. The van der Waals surface area contributed by atoms with Crippen molar-refractivity contribution < 1.29 is 45.8 Å². The van der Waals surface area contributed by atoms with Crippen molar-refractivity contribution in [1.29, 1.82) is 0 Å². The SMILES string of the molecule is CB(O)N1CCC(C(CNC(=O)C(F)(F)F)c2ccc(Cl)cc2)CC1.Nc1cc(CN2CCC(C(=O)N3CCC(C(CNC(=O)C(F)(F)F)c4ccc(Cl)cc4)CC3)CC2)ccn1. The van der Waals surface area contributed by atoms with E-state index in [-0.39, 0.29) is 48.6 Å². The molecule has 2 unspecified atom stereocenters. The first-order valence-corrected chi connectivity index (χ1v) is 21.9. The predicted octanol–water partition coefficient (Wildman–Crippen LogP) is 7.15. The van der Waals surface area contributed by atoms with Crippen LogP contribution in [0.1, 0.15) is 67.1 Å². The first kappa shape index (κ1) is 49.9. The van der Waals surface area contributed by atoms with Crippen molar-refractivity contribution in [1.82, 2.24) is 30.2 Å². The molecule has 3 amide bonds. The Bertz CT molecular complexity index is 1940. The molecule has 3 saturated heterocycles. The second kappa shape index (κ2) is 22.7. The summed E-state index contributed by atoms with van der Waals surface area (Å²) in [5.74, 6) is -3.63. The van der Waals surface area contributed by atoms with Gasteiger partial charge < -0.3 is 31.1 Å². The molecule has 6 rings (SSSR count). The number of alkyl halides is 6. The van der Waals surface area contributed by atoms with Crippen molar-refractivity contribution in [3.05, 3.63) is 93.6 Å². The van der Waals surface area contributed by atoms with E-state index in [1.54, 1.807) is 61.6 Å². The maximum Gasteiger partial charge on any atom is 0.471 e. The number of amides is 3. The average Bonchev–Trinajstić information content (AvgIpc) is 3.25. The van der Waals surface area contributed by atoms with Crippen molar-refractivity contribution in [3.63, 3.8) is 0 Å². The number of pyridine rings is 1. The molecule has 0 spiro atoms. The first-order valence-electron chi connectivity index (χ1n) is 21.1. The summed E-state index contributed by atoms with van der Waals surface area (Å²) in [6.45, 7) is 6.35. The number of carbonyl (C=O) groups excluding carboxylic acids is 3. The average molecular weight is 929 g/mol. The molecule has 63 heavy (non-hydrogen) atoms. The molecule has 4 heterocycles. The van der Waals surface area contributed by atoms with E-state index in [1.807, 2.05) is 27.2 Å². The van der Waals surface area contributed by atoms with Crippen LogP contribution >= 0.6 is 23.2 Å². The molecule has 0 bridgehead atoms. The molecule has 20 heteroatoms. The lowest BCUT2D eigenvalue weighted by Crippen LogP contribution is -2.47. The lowest BCUT2D eigenvalue weighted by molar-refractivity contribution is -0.173. The molecule has 0 saturated carbocycles. The Balaban J connectivity index is 0.000000260. The minimum atomic E-state index is -4.93. The zero-order valence-electron chi connectivity index (χ0n) is 35.0. The normalized spacial score (nSPS) is 18.5. The van der Waals surface area contributed by atoms with Gasteiger partial charge in [-0.3, -0.25) is 19.3 Å². The summed E-state index contributed by atoms with van der Waals surface area (Å²) >= 11 is 11.9. The molecule has 3 aliphatic rings. The van der Waals surface area contributed by atoms with Gasteiger partial charge in [0.05, 0.1) is 0 Å². The molecule has 0 aliphatic carbocycles. The topological polar surface area (TPSA) is 144 Å². The van der Waals surface area contributed by atoms with Gasteiger partial charge in [-0.25, -0.2) is 4.98 Å². The van der Waals surface area contributed by atoms with E-state index >= 15 is 0 Å². The van der Waals surface area contributed by atoms with Gasteiger partial charge in [-0.2, -0.15) is 26.3 Å². The fourth-order valence-electron chi connectivity index (χ4n) is 8.80. The second-order valence-electron chi connectivity index (χ2n) is 16.5. The van der Waals surface area contributed by atoms with Crippen LogP contribution in [0.25, 0.3) is 0 Å². The molecule has 3 aromatic rings. The number of nitrogens with two attached hydrogens (primary N) is 1.